The highest BCUT2D eigenvalue weighted by molar-refractivity contribution is 5.31. The van der Waals surface area contributed by atoms with E-state index < -0.39 is 0 Å². The predicted octanol–water partition coefficient (Wildman–Crippen LogP) is -0.620. The number of nitrogens with zero attached hydrogens (tertiary/aromatic N) is 3. The Bertz CT molecular complexity index is 317. The summed E-state index contributed by atoms with van der Waals surface area (Å²) in [4.78, 5) is 9.92. The standard InChI is InChI=1S/C9H13N3O3/c13-6-8-5-12(1-2-15-8)9-10-3-7(14)4-11-9/h3-4,8,13-14H,1-2,5-6H2. The Hall–Kier alpha value is -1.40. The normalized spacial score (nSPS) is 21.7. The van der Waals surface area contributed by atoms with Gasteiger partial charge >= 0.3 is 0 Å². The first-order valence-corrected chi connectivity index (χ1v) is 4.78. The fourth-order valence-electron chi connectivity index (χ4n) is 1.49. The summed E-state index contributed by atoms with van der Waals surface area (Å²) in [6, 6.07) is 0. The van der Waals surface area contributed by atoms with Crippen LogP contribution < -0.4 is 4.90 Å². The van der Waals surface area contributed by atoms with E-state index >= 15 is 0 Å². The third-order valence-corrected chi connectivity index (χ3v) is 2.25. The van der Waals surface area contributed by atoms with E-state index in [4.69, 9.17) is 14.9 Å². The zero-order valence-corrected chi connectivity index (χ0v) is 8.20. The van der Waals surface area contributed by atoms with Gasteiger partial charge in [0.25, 0.3) is 0 Å². The van der Waals surface area contributed by atoms with Crippen molar-refractivity contribution in [2.24, 2.45) is 0 Å². The lowest BCUT2D eigenvalue weighted by molar-refractivity contribution is 0.00313. The van der Waals surface area contributed by atoms with Crippen molar-refractivity contribution >= 4 is 5.95 Å². The number of aromatic nitrogens is 2. The third kappa shape index (κ3) is 2.34. The molecule has 0 spiro atoms. The molecule has 0 saturated carbocycles. The van der Waals surface area contributed by atoms with E-state index in [0.717, 1.165) is 0 Å². The van der Waals surface area contributed by atoms with Crippen molar-refractivity contribution in [2.45, 2.75) is 6.10 Å². The molecule has 6 nitrogen and oxygen atoms in total. The van der Waals surface area contributed by atoms with Crippen LogP contribution in [0.25, 0.3) is 0 Å². The summed E-state index contributed by atoms with van der Waals surface area (Å²) < 4.78 is 5.31. The van der Waals surface area contributed by atoms with Crippen LogP contribution in [0, 0.1) is 0 Å². The Labute approximate surface area is 87.2 Å². The Balaban J connectivity index is 2.06. The molecule has 82 valence electrons. The fourth-order valence-corrected chi connectivity index (χ4v) is 1.49. The van der Waals surface area contributed by atoms with E-state index in [-0.39, 0.29) is 18.5 Å². The number of aliphatic hydroxyl groups is 1. The maximum atomic E-state index is 9.04. The zero-order valence-electron chi connectivity index (χ0n) is 8.20. The van der Waals surface area contributed by atoms with Crippen LogP contribution in [0.2, 0.25) is 0 Å². The molecule has 1 aromatic rings. The summed E-state index contributed by atoms with van der Waals surface area (Å²) in [5.41, 5.74) is 0. The van der Waals surface area contributed by atoms with Crippen LogP contribution >= 0.6 is 0 Å². The topological polar surface area (TPSA) is 78.7 Å². The summed E-state index contributed by atoms with van der Waals surface area (Å²) in [5, 5.41) is 18.0. The molecule has 0 aliphatic carbocycles. The van der Waals surface area contributed by atoms with Crippen LogP contribution in [-0.2, 0) is 4.74 Å². The van der Waals surface area contributed by atoms with Gasteiger partial charge in [-0.3, -0.25) is 0 Å². The molecular formula is C9H13N3O3. The SMILES string of the molecule is OCC1CN(c2ncc(O)cn2)CCO1. The van der Waals surface area contributed by atoms with Crippen LogP contribution in [0.1, 0.15) is 0 Å². The average molecular weight is 211 g/mol. The van der Waals surface area contributed by atoms with Crippen molar-refractivity contribution in [3.05, 3.63) is 12.4 Å². The number of hydrogen-bond acceptors (Lipinski definition) is 6. The Morgan fingerprint density at radius 3 is 2.87 bits per heavy atom. The van der Waals surface area contributed by atoms with Gasteiger partial charge in [0.15, 0.2) is 5.75 Å². The van der Waals surface area contributed by atoms with E-state index in [0.29, 0.717) is 25.6 Å². The fraction of sp³-hybridized carbons (Fsp3) is 0.556. The van der Waals surface area contributed by atoms with Gasteiger partial charge in [0, 0.05) is 13.1 Å². The molecule has 0 bridgehead atoms. The minimum Gasteiger partial charge on any atom is -0.505 e. The van der Waals surface area contributed by atoms with Crippen molar-refractivity contribution < 1.29 is 14.9 Å². The van der Waals surface area contributed by atoms with Gasteiger partial charge in [-0.1, -0.05) is 0 Å². The second-order valence-corrected chi connectivity index (χ2v) is 3.36. The molecule has 2 rings (SSSR count). The van der Waals surface area contributed by atoms with Gasteiger partial charge in [0.2, 0.25) is 5.95 Å². The first-order valence-electron chi connectivity index (χ1n) is 4.78. The molecule has 6 heteroatoms. The van der Waals surface area contributed by atoms with Gasteiger partial charge in [0.05, 0.1) is 31.7 Å². The highest BCUT2D eigenvalue weighted by Gasteiger charge is 2.21. The van der Waals surface area contributed by atoms with Crippen molar-refractivity contribution in [1.82, 2.24) is 9.97 Å². The molecular weight excluding hydrogens is 198 g/mol. The number of rotatable bonds is 2. The second-order valence-electron chi connectivity index (χ2n) is 3.36. The average Bonchev–Trinajstić information content (AvgIpc) is 2.30. The highest BCUT2D eigenvalue weighted by atomic mass is 16.5. The minimum absolute atomic E-state index is 0.00537. The highest BCUT2D eigenvalue weighted by Crippen LogP contribution is 2.14. The lowest BCUT2D eigenvalue weighted by Gasteiger charge is -2.31. The largest absolute Gasteiger partial charge is 0.505 e. The zero-order chi connectivity index (χ0) is 10.7. The molecule has 0 aromatic carbocycles. The minimum atomic E-state index is -0.184. The number of hydrogen-bond donors (Lipinski definition) is 2. The van der Waals surface area contributed by atoms with E-state index in [2.05, 4.69) is 9.97 Å². The lowest BCUT2D eigenvalue weighted by Crippen LogP contribution is -2.44. The van der Waals surface area contributed by atoms with E-state index in [1.165, 1.54) is 12.4 Å². The number of anilines is 1. The second kappa shape index (κ2) is 4.41. The van der Waals surface area contributed by atoms with Crippen molar-refractivity contribution in [2.75, 3.05) is 31.2 Å². The van der Waals surface area contributed by atoms with Gasteiger partial charge in [-0.2, -0.15) is 0 Å². The predicted molar refractivity (Wildman–Crippen MR) is 52.7 cm³/mol. The van der Waals surface area contributed by atoms with Gasteiger partial charge in [-0.15, -0.1) is 0 Å². The van der Waals surface area contributed by atoms with Crippen LogP contribution in [0.3, 0.4) is 0 Å². The molecule has 0 radical (unpaired) electrons. The van der Waals surface area contributed by atoms with Crippen molar-refractivity contribution in [1.29, 1.82) is 0 Å². The molecule has 1 aromatic heterocycles. The Kier molecular flexibility index (Phi) is 2.98. The summed E-state index contributed by atoms with van der Waals surface area (Å²) >= 11 is 0. The quantitative estimate of drug-likeness (QED) is 0.678. The first kappa shape index (κ1) is 10.1. The number of aromatic hydroxyl groups is 1. The number of ether oxygens (including phenoxy) is 1. The molecule has 1 aliphatic rings. The molecule has 1 unspecified atom stereocenters. The van der Waals surface area contributed by atoms with Gasteiger partial charge in [0.1, 0.15) is 0 Å². The molecule has 2 N–H and O–H groups in total. The number of aliphatic hydroxyl groups excluding tert-OH is 1. The lowest BCUT2D eigenvalue weighted by atomic mass is 10.3. The van der Waals surface area contributed by atoms with Gasteiger partial charge in [-0.05, 0) is 0 Å². The van der Waals surface area contributed by atoms with Gasteiger partial charge in [-0.25, -0.2) is 9.97 Å². The molecule has 15 heavy (non-hydrogen) atoms. The van der Waals surface area contributed by atoms with Crippen LogP contribution in [-0.4, -0.2) is 52.6 Å². The Morgan fingerprint density at radius 2 is 2.20 bits per heavy atom. The monoisotopic (exact) mass is 211 g/mol. The summed E-state index contributed by atoms with van der Waals surface area (Å²) in [6.07, 6.45) is 2.52. The maximum Gasteiger partial charge on any atom is 0.225 e. The Morgan fingerprint density at radius 1 is 1.47 bits per heavy atom. The van der Waals surface area contributed by atoms with E-state index in [1.807, 2.05) is 4.90 Å². The maximum absolute atomic E-state index is 9.04. The number of morpholine rings is 1. The van der Waals surface area contributed by atoms with Crippen LogP contribution in [0.4, 0.5) is 5.95 Å². The summed E-state index contributed by atoms with van der Waals surface area (Å²) in [5.74, 6) is 0.597. The first-order chi connectivity index (χ1) is 7.29. The third-order valence-electron chi connectivity index (χ3n) is 2.25. The van der Waals surface area contributed by atoms with E-state index in [9.17, 15) is 0 Å². The molecule has 1 fully saturated rings. The van der Waals surface area contributed by atoms with Crippen molar-refractivity contribution in [3.8, 4) is 5.75 Å². The molecule has 1 saturated heterocycles. The molecule has 1 atom stereocenters. The van der Waals surface area contributed by atoms with E-state index in [1.54, 1.807) is 0 Å². The van der Waals surface area contributed by atoms with Gasteiger partial charge < -0.3 is 19.8 Å². The smallest absolute Gasteiger partial charge is 0.225 e. The molecule has 1 aliphatic heterocycles. The summed E-state index contributed by atoms with van der Waals surface area (Å²) in [7, 11) is 0. The molecule has 2 heterocycles. The molecule has 0 amide bonds. The van der Waals surface area contributed by atoms with Crippen LogP contribution in [0.5, 0.6) is 5.75 Å². The summed E-state index contributed by atoms with van der Waals surface area (Å²) in [6.45, 7) is 1.81. The van der Waals surface area contributed by atoms with Crippen LogP contribution in [0.15, 0.2) is 12.4 Å². The van der Waals surface area contributed by atoms with Crippen molar-refractivity contribution in [3.63, 3.8) is 0 Å².